The second-order valence-electron chi connectivity index (χ2n) is 7.54. The number of nitrogens with zero attached hydrogens (tertiary/aromatic N) is 1. The molecule has 0 radical (unpaired) electrons. The monoisotopic (exact) mass is 414 g/mol. The highest BCUT2D eigenvalue weighted by Crippen LogP contribution is 2.57. The summed E-state index contributed by atoms with van der Waals surface area (Å²) >= 11 is 0. The number of esters is 1. The predicted octanol–water partition coefficient (Wildman–Crippen LogP) is 3.62. The first-order chi connectivity index (χ1) is 15.1. The van der Waals surface area contributed by atoms with Gasteiger partial charge in [0.15, 0.2) is 0 Å². The van der Waals surface area contributed by atoms with Crippen molar-refractivity contribution in [3.05, 3.63) is 83.2 Å². The van der Waals surface area contributed by atoms with Gasteiger partial charge in [-0.15, -0.1) is 0 Å². The van der Waals surface area contributed by atoms with Gasteiger partial charge in [-0.3, -0.25) is 4.79 Å². The highest BCUT2D eigenvalue weighted by atomic mass is 16.5. The van der Waals surface area contributed by atoms with Crippen LogP contribution < -0.4 is 15.4 Å². The molecule has 1 spiro atoms. The van der Waals surface area contributed by atoms with Crippen LogP contribution in [0.2, 0.25) is 0 Å². The molecule has 0 fully saturated rings. The number of amides is 1. The van der Waals surface area contributed by atoms with Crippen LogP contribution in [0.25, 0.3) is 10.8 Å². The highest BCUT2D eigenvalue weighted by molar-refractivity contribution is 6.20. The number of rotatable bonds is 3. The Hall–Kier alpha value is -3.80. The first kappa shape index (κ1) is 19.2. The number of fused-ring (bicyclic) bond motifs is 6. The van der Waals surface area contributed by atoms with E-state index >= 15 is 0 Å². The smallest absolute Gasteiger partial charge is 0.341 e. The van der Waals surface area contributed by atoms with E-state index in [2.05, 4.69) is 0 Å². The fourth-order valence-corrected chi connectivity index (χ4v) is 4.91. The molecular weight excluding hydrogens is 392 g/mol. The Bertz CT molecular complexity index is 1280. The number of carbonyl (C=O) groups excluding carboxylic acids is 2. The largest absolute Gasteiger partial charge is 0.462 e. The van der Waals surface area contributed by atoms with Crippen LogP contribution >= 0.6 is 0 Å². The maximum absolute atomic E-state index is 14.2. The zero-order valence-corrected chi connectivity index (χ0v) is 17.3. The Balaban J connectivity index is 1.98. The third kappa shape index (κ3) is 2.39. The molecule has 2 N–H and O–H groups in total. The number of para-hydroxylation sites is 1. The lowest BCUT2D eigenvalue weighted by atomic mass is 9.67. The number of hydrogen-bond donors (Lipinski definition) is 1. The Morgan fingerprint density at radius 1 is 1.06 bits per heavy atom. The molecule has 3 aromatic rings. The van der Waals surface area contributed by atoms with Crippen molar-refractivity contribution in [2.24, 2.45) is 5.73 Å². The van der Waals surface area contributed by atoms with Crippen LogP contribution in [-0.2, 0) is 19.7 Å². The van der Waals surface area contributed by atoms with Gasteiger partial charge in [0.05, 0.1) is 6.61 Å². The van der Waals surface area contributed by atoms with Crippen LogP contribution in [0.4, 0.5) is 5.69 Å². The van der Waals surface area contributed by atoms with Crippen molar-refractivity contribution in [2.45, 2.75) is 19.3 Å². The van der Waals surface area contributed by atoms with Gasteiger partial charge in [-0.05, 0) is 36.8 Å². The molecule has 6 nitrogen and oxygen atoms in total. The fourth-order valence-electron chi connectivity index (χ4n) is 4.91. The van der Waals surface area contributed by atoms with E-state index in [1.54, 1.807) is 17.9 Å². The molecular formula is C25H22N2O4. The van der Waals surface area contributed by atoms with Gasteiger partial charge in [0.25, 0.3) is 0 Å². The molecule has 2 aliphatic rings. The first-order valence-corrected chi connectivity index (χ1v) is 10.3. The SMILES string of the molecule is CCOC(=O)C1=C(N)Oc2ccc3ccccc3c2C12C(=O)N(CC)c1ccccc12. The van der Waals surface area contributed by atoms with E-state index in [-0.39, 0.29) is 24.0 Å². The average molecular weight is 414 g/mol. The number of nitrogens with two attached hydrogens (primary N) is 1. The van der Waals surface area contributed by atoms with Crippen LogP contribution in [0.3, 0.4) is 0 Å². The molecule has 0 bridgehead atoms. The second kappa shape index (κ2) is 6.87. The minimum atomic E-state index is -1.45. The number of likely N-dealkylation sites (N-methyl/N-ethyl adjacent to an activating group) is 1. The maximum Gasteiger partial charge on any atom is 0.341 e. The van der Waals surface area contributed by atoms with Gasteiger partial charge < -0.3 is 20.1 Å². The summed E-state index contributed by atoms with van der Waals surface area (Å²) in [5, 5.41) is 1.77. The zero-order chi connectivity index (χ0) is 21.8. The molecule has 0 aliphatic carbocycles. The average Bonchev–Trinajstić information content (AvgIpc) is 3.02. The van der Waals surface area contributed by atoms with Gasteiger partial charge in [-0.1, -0.05) is 48.5 Å². The van der Waals surface area contributed by atoms with Gasteiger partial charge in [0.1, 0.15) is 16.7 Å². The predicted molar refractivity (Wildman–Crippen MR) is 118 cm³/mol. The normalized spacial score (nSPS) is 19.4. The molecule has 156 valence electrons. The molecule has 1 atom stereocenters. The molecule has 0 saturated heterocycles. The van der Waals surface area contributed by atoms with Crippen LogP contribution in [0, 0.1) is 0 Å². The third-order valence-electron chi connectivity index (χ3n) is 6.07. The first-order valence-electron chi connectivity index (χ1n) is 10.3. The quantitative estimate of drug-likeness (QED) is 0.662. The standard InChI is InChI=1S/C25H22N2O4/c1-3-27-18-12-8-7-11-17(18)25(24(27)29)20-16-10-6-5-9-15(16)13-14-19(20)31-22(26)21(25)23(28)30-4-2/h5-14H,3-4,26H2,1-2H3. The second-order valence-corrected chi connectivity index (χ2v) is 7.54. The Labute approximate surface area is 179 Å². The van der Waals surface area contributed by atoms with E-state index in [4.69, 9.17) is 15.2 Å². The highest BCUT2D eigenvalue weighted by Gasteiger charge is 2.61. The summed E-state index contributed by atoms with van der Waals surface area (Å²) in [6.45, 7) is 4.24. The lowest BCUT2D eigenvalue weighted by Gasteiger charge is -2.37. The van der Waals surface area contributed by atoms with Crippen LogP contribution in [0.1, 0.15) is 25.0 Å². The van der Waals surface area contributed by atoms with Crippen molar-refractivity contribution in [2.75, 3.05) is 18.1 Å². The van der Waals surface area contributed by atoms with E-state index in [1.807, 2.05) is 61.5 Å². The summed E-state index contributed by atoms with van der Waals surface area (Å²) in [6, 6.07) is 19.0. The van der Waals surface area contributed by atoms with Gasteiger partial charge in [-0.2, -0.15) is 0 Å². The molecule has 5 rings (SSSR count). The van der Waals surface area contributed by atoms with Crippen molar-refractivity contribution in [1.29, 1.82) is 0 Å². The number of anilines is 1. The van der Waals surface area contributed by atoms with Crippen molar-refractivity contribution in [1.82, 2.24) is 0 Å². The van der Waals surface area contributed by atoms with E-state index in [1.165, 1.54) is 0 Å². The molecule has 2 aliphatic heterocycles. The summed E-state index contributed by atoms with van der Waals surface area (Å²) in [4.78, 5) is 29.2. The van der Waals surface area contributed by atoms with Gasteiger partial charge in [0.2, 0.25) is 11.8 Å². The minimum absolute atomic E-state index is 0.0339. The number of hydrogen-bond acceptors (Lipinski definition) is 5. The van der Waals surface area contributed by atoms with Crippen LogP contribution in [-0.4, -0.2) is 25.0 Å². The van der Waals surface area contributed by atoms with Gasteiger partial charge >= 0.3 is 5.97 Å². The molecule has 31 heavy (non-hydrogen) atoms. The minimum Gasteiger partial charge on any atom is -0.462 e. The zero-order valence-electron chi connectivity index (χ0n) is 17.3. The van der Waals surface area contributed by atoms with Crippen molar-refractivity contribution >= 4 is 28.3 Å². The molecule has 1 amide bonds. The van der Waals surface area contributed by atoms with Gasteiger partial charge in [-0.25, -0.2) is 4.79 Å². The van der Waals surface area contributed by atoms with Crippen LogP contribution in [0.5, 0.6) is 5.75 Å². The van der Waals surface area contributed by atoms with Gasteiger partial charge in [0, 0.05) is 23.4 Å². The van der Waals surface area contributed by atoms with Crippen molar-refractivity contribution < 1.29 is 19.1 Å². The Morgan fingerprint density at radius 2 is 1.81 bits per heavy atom. The summed E-state index contributed by atoms with van der Waals surface area (Å²) in [7, 11) is 0. The molecule has 1 unspecified atom stereocenters. The summed E-state index contributed by atoms with van der Waals surface area (Å²) in [5.41, 5.74) is 6.98. The van der Waals surface area contributed by atoms with E-state index in [0.29, 0.717) is 23.4 Å². The van der Waals surface area contributed by atoms with Crippen molar-refractivity contribution in [3.8, 4) is 5.75 Å². The van der Waals surface area contributed by atoms with Crippen molar-refractivity contribution in [3.63, 3.8) is 0 Å². The maximum atomic E-state index is 14.2. The Morgan fingerprint density at radius 3 is 2.58 bits per heavy atom. The van der Waals surface area contributed by atoms with E-state index in [9.17, 15) is 9.59 Å². The van der Waals surface area contributed by atoms with E-state index < -0.39 is 11.4 Å². The summed E-state index contributed by atoms with van der Waals surface area (Å²) < 4.78 is 11.3. The molecule has 0 aromatic heterocycles. The summed E-state index contributed by atoms with van der Waals surface area (Å²) in [5.74, 6) is -0.532. The molecule has 6 heteroatoms. The lowest BCUT2D eigenvalue weighted by molar-refractivity contribution is -0.140. The lowest BCUT2D eigenvalue weighted by Crippen LogP contribution is -2.48. The number of ether oxygens (including phenoxy) is 2. The third-order valence-corrected chi connectivity index (χ3v) is 6.07. The van der Waals surface area contributed by atoms with Crippen LogP contribution in [0.15, 0.2) is 72.1 Å². The number of carbonyl (C=O) groups is 2. The number of benzene rings is 3. The Kier molecular flexibility index (Phi) is 4.25. The molecule has 3 aromatic carbocycles. The fraction of sp³-hybridized carbons (Fsp3) is 0.200. The van der Waals surface area contributed by atoms with E-state index in [0.717, 1.165) is 16.5 Å². The molecule has 2 heterocycles. The topological polar surface area (TPSA) is 81.9 Å². The summed E-state index contributed by atoms with van der Waals surface area (Å²) in [6.07, 6.45) is 0. The molecule has 0 saturated carbocycles.